The zero-order chi connectivity index (χ0) is 20.6. The fraction of sp³-hybridized carbons (Fsp3) is 0.944. The van der Waals surface area contributed by atoms with Crippen molar-refractivity contribution < 1.29 is 33.1 Å². The predicted octanol–water partition coefficient (Wildman–Crippen LogP) is 4.21. The summed E-state index contributed by atoms with van der Waals surface area (Å²) in [5.41, 5.74) is 3.20. The minimum absolute atomic E-state index is 0.0723. The molecule has 9 heteroatoms. The van der Waals surface area contributed by atoms with E-state index in [2.05, 4.69) is 16.2 Å². The Hall–Kier alpha value is -0.500. The fourth-order valence-corrected chi connectivity index (χ4v) is 3.33. The van der Waals surface area contributed by atoms with Crippen molar-refractivity contribution in [3.8, 4) is 0 Å². The van der Waals surface area contributed by atoms with Gasteiger partial charge in [-0.15, -0.1) is 0 Å². The molecular weight excluding hydrogens is 373 g/mol. The molecule has 2 atom stereocenters. The lowest BCUT2D eigenvalue weighted by Crippen LogP contribution is -2.53. The summed E-state index contributed by atoms with van der Waals surface area (Å²) in [5.74, 6) is -1.49. The summed E-state index contributed by atoms with van der Waals surface area (Å²) in [6.45, 7) is 1.51. The Morgan fingerprint density at radius 3 is 1.78 bits per heavy atom. The van der Waals surface area contributed by atoms with E-state index in [1.165, 1.54) is 51.4 Å². The third-order valence-corrected chi connectivity index (χ3v) is 5.38. The Balaban J connectivity index is 3.60. The molecule has 4 N–H and O–H groups in total. The second-order valence-electron chi connectivity index (χ2n) is 6.86. The molecule has 27 heavy (non-hydrogen) atoms. The average Bonchev–Trinajstić information content (AvgIpc) is 2.63. The van der Waals surface area contributed by atoms with Gasteiger partial charge in [-0.05, 0) is 6.42 Å². The number of carboxylic acids is 1. The average molecular weight is 411 g/mol. The maximum Gasteiger partial charge on any atom is 0.472 e. The lowest BCUT2D eigenvalue weighted by molar-refractivity contribution is -0.165. The summed E-state index contributed by atoms with van der Waals surface area (Å²) in [5, 5.41) is 8.89. The number of hydrogen-bond acceptors (Lipinski definition) is 6. The van der Waals surface area contributed by atoms with Gasteiger partial charge < -0.3 is 14.7 Å². The van der Waals surface area contributed by atoms with Gasteiger partial charge in [-0.25, -0.2) is 9.36 Å². The van der Waals surface area contributed by atoms with Gasteiger partial charge >= 0.3 is 13.8 Å². The molecule has 1 unspecified atom stereocenters. The number of rotatable bonds is 19. The highest BCUT2D eigenvalue weighted by atomic mass is 31.2. The van der Waals surface area contributed by atoms with Crippen LogP contribution >= 0.6 is 7.82 Å². The van der Waals surface area contributed by atoms with E-state index >= 15 is 0 Å². The molecule has 0 aliphatic carbocycles. The second kappa shape index (κ2) is 15.4. The van der Waals surface area contributed by atoms with E-state index in [9.17, 15) is 14.3 Å². The highest BCUT2D eigenvalue weighted by Crippen LogP contribution is 2.43. The molecule has 0 spiro atoms. The van der Waals surface area contributed by atoms with Gasteiger partial charge in [0.1, 0.15) is 6.61 Å². The van der Waals surface area contributed by atoms with Crippen molar-refractivity contribution in [3.05, 3.63) is 0 Å². The number of phosphoric acid groups is 1. The molecule has 0 aromatic carbocycles. The molecular formula is C18H38NO7P. The Morgan fingerprint density at radius 2 is 1.37 bits per heavy atom. The molecule has 8 nitrogen and oxygen atoms in total. The van der Waals surface area contributed by atoms with E-state index in [1.54, 1.807) is 0 Å². The minimum Gasteiger partial charge on any atom is -0.478 e. The molecule has 0 fully saturated rings. The van der Waals surface area contributed by atoms with Crippen LogP contribution in [0.1, 0.15) is 84.0 Å². The van der Waals surface area contributed by atoms with Gasteiger partial charge in [-0.2, -0.15) is 0 Å². The molecule has 0 aliphatic rings. The van der Waals surface area contributed by atoms with Crippen LogP contribution in [0.5, 0.6) is 0 Å². The monoisotopic (exact) mass is 411 g/mol. The van der Waals surface area contributed by atoms with E-state index in [0.29, 0.717) is 6.42 Å². The molecule has 0 aromatic rings. The number of nitrogens with two attached hydrogens (primary N) is 1. The van der Waals surface area contributed by atoms with Gasteiger partial charge in [-0.3, -0.25) is 14.8 Å². The Kier molecular flexibility index (Phi) is 15.1. The van der Waals surface area contributed by atoms with Crippen LogP contribution in [0, 0.1) is 0 Å². The topological polar surface area (TPSA) is 128 Å². The van der Waals surface area contributed by atoms with Gasteiger partial charge in [0.15, 0.2) is 0 Å². The smallest absolute Gasteiger partial charge is 0.472 e. The Morgan fingerprint density at radius 1 is 0.926 bits per heavy atom. The first-order valence-electron chi connectivity index (χ1n) is 9.96. The summed E-state index contributed by atoms with van der Waals surface area (Å²) < 4.78 is 25.7. The van der Waals surface area contributed by atoms with Crippen molar-refractivity contribution in [1.29, 1.82) is 0 Å². The first kappa shape index (κ1) is 26.5. The van der Waals surface area contributed by atoms with Gasteiger partial charge in [-0.1, -0.05) is 77.6 Å². The minimum atomic E-state index is -4.35. The van der Waals surface area contributed by atoms with Gasteiger partial charge in [0.2, 0.25) is 5.72 Å². The first-order chi connectivity index (χ1) is 12.8. The SMILES string of the molecule is CCCCCCCCCCCCCCOP(=O)(O)OC[C@@](N)(OC)C(=O)O. The zero-order valence-corrected chi connectivity index (χ0v) is 17.8. The maximum atomic E-state index is 11.7. The van der Waals surface area contributed by atoms with E-state index in [0.717, 1.165) is 26.4 Å². The highest BCUT2D eigenvalue weighted by molar-refractivity contribution is 7.47. The maximum absolute atomic E-state index is 11.7. The quantitative estimate of drug-likeness (QED) is 0.164. The van der Waals surface area contributed by atoms with Crippen molar-refractivity contribution in [2.45, 2.75) is 89.7 Å². The van der Waals surface area contributed by atoms with Gasteiger partial charge in [0.05, 0.1) is 6.61 Å². The first-order valence-corrected chi connectivity index (χ1v) is 11.5. The second-order valence-corrected chi connectivity index (χ2v) is 8.32. The van der Waals surface area contributed by atoms with Crippen molar-refractivity contribution in [2.75, 3.05) is 20.3 Å². The van der Waals surface area contributed by atoms with Crippen LogP contribution < -0.4 is 5.73 Å². The van der Waals surface area contributed by atoms with Crippen LogP contribution in [-0.4, -0.2) is 42.0 Å². The van der Waals surface area contributed by atoms with Crippen molar-refractivity contribution in [2.24, 2.45) is 5.73 Å². The third kappa shape index (κ3) is 14.2. The number of carboxylic acid groups (broad SMARTS) is 1. The summed E-state index contributed by atoms with van der Waals surface area (Å²) in [4.78, 5) is 20.5. The van der Waals surface area contributed by atoms with E-state index in [-0.39, 0.29) is 6.61 Å². The number of ether oxygens (including phenoxy) is 1. The predicted molar refractivity (Wildman–Crippen MR) is 104 cm³/mol. The van der Waals surface area contributed by atoms with E-state index in [1.807, 2.05) is 0 Å². The molecule has 0 heterocycles. The number of phosphoric ester groups is 1. The van der Waals surface area contributed by atoms with Crippen molar-refractivity contribution in [1.82, 2.24) is 0 Å². The highest BCUT2D eigenvalue weighted by Gasteiger charge is 2.37. The standard InChI is InChI=1S/C18H38NO7P/c1-3-4-5-6-7-8-9-10-11-12-13-14-15-25-27(22,23)26-16-18(19,24-2)17(20)21/h3-16,19H2,1-2H3,(H,20,21)(H,22,23)/t18-/m1/s1. The third-order valence-electron chi connectivity index (χ3n) is 4.42. The van der Waals surface area contributed by atoms with Crippen LogP contribution in [0.25, 0.3) is 0 Å². The number of unbranched alkanes of at least 4 members (excludes halogenated alkanes) is 11. The molecule has 0 aromatic heterocycles. The van der Waals surface area contributed by atoms with E-state index < -0.39 is 26.1 Å². The number of carbonyl (C=O) groups is 1. The number of aliphatic carboxylic acids is 1. The molecule has 0 saturated heterocycles. The van der Waals surface area contributed by atoms with Crippen molar-refractivity contribution in [3.63, 3.8) is 0 Å². The van der Waals surface area contributed by atoms with Crippen LogP contribution in [0.4, 0.5) is 0 Å². The Bertz CT molecular complexity index is 436. The molecule has 0 bridgehead atoms. The molecule has 0 rings (SSSR count). The Labute approximate surface area is 163 Å². The summed E-state index contributed by atoms with van der Waals surface area (Å²) in [7, 11) is -3.27. The largest absolute Gasteiger partial charge is 0.478 e. The normalized spacial score (nSPS) is 16.0. The molecule has 0 saturated carbocycles. The fourth-order valence-electron chi connectivity index (χ4n) is 2.55. The van der Waals surface area contributed by atoms with Crippen LogP contribution in [0.3, 0.4) is 0 Å². The van der Waals surface area contributed by atoms with E-state index in [4.69, 9.17) is 15.4 Å². The molecule has 0 radical (unpaired) electrons. The lowest BCUT2D eigenvalue weighted by Gasteiger charge is -2.23. The molecule has 0 amide bonds. The lowest BCUT2D eigenvalue weighted by atomic mass is 10.1. The van der Waals surface area contributed by atoms with Crippen LogP contribution in [0.15, 0.2) is 0 Å². The molecule has 162 valence electrons. The van der Waals surface area contributed by atoms with Crippen LogP contribution in [-0.2, 0) is 23.1 Å². The summed E-state index contributed by atoms with van der Waals surface area (Å²) >= 11 is 0. The van der Waals surface area contributed by atoms with Gasteiger partial charge in [0, 0.05) is 7.11 Å². The summed E-state index contributed by atoms with van der Waals surface area (Å²) in [6, 6.07) is 0. The van der Waals surface area contributed by atoms with Crippen LogP contribution in [0.2, 0.25) is 0 Å². The summed E-state index contributed by atoms with van der Waals surface area (Å²) in [6.07, 6.45) is 14.2. The number of hydrogen-bond donors (Lipinski definition) is 3. The molecule has 0 aliphatic heterocycles. The number of methoxy groups -OCH3 is 1. The zero-order valence-electron chi connectivity index (χ0n) is 16.9. The van der Waals surface area contributed by atoms with Gasteiger partial charge in [0.25, 0.3) is 0 Å². The van der Waals surface area contributed by atoms with Crippen molar-refractivity contribution >= 4 is 13.8 Å².